The molecule has 1 rings (SSSR count). The molecule has 1 aromatic rings. The summed E-state index contributed by atoms with van der Waals surface area (Å²) in [5.74, 6) is -2.46. The van der Waals surface area contributed by atoms with E-state index in [1.54, 1.807) is 0 Å². The number of nitrogens with two attached hydrogens (primary N) is 1. The summed E-state index contributed by atoms with van der Waals surface area (Å²) in [6.45, 7) is 2.80. The lowest BCUT2D eigenvalue weighted by molar-refractivity contribution is -0.147. The van der Waals surface area contributed by atoms with Crippen molar-refractivity contribution in [1.29, 1.82) is 0 Å². The first-order valence-electron chi connectivity index (χ1n) is 5.97. The monoisotopic (exact) mass is 300 g/mol. The van der Waals surface area contributed by atoms with E-state index in [-0.39, 0.29) is 23.4 Å². The minimum absolute atomic E-state index is 0. The van der Waals surface area contributed by atoms with E-state index in [0.29, 0.717) is 5.56 Å². The van der Waals surface area contributed by atoms with Gasteiger partial charge in [0.1, 0.15) is 5.54 Å². The minimum atomic E-state index is -1.56. The standard InChI is InChI=1S/C13H18N2O5.H2O/c1-7(14)11(18)15-13(2,12(19)20)6-8-3-4-9(16)10(17)5-8;/h3-5,7,16-17H,6,14H2,1-2H3,(H,15,18)(H,19,20);1H2/t7-,13+;/m1./s1. The predicted octanol–water partition coefficient (Wildman–Crippen LogP) is -0.878. The quantitative estimate of drug-likeness (QED) is 0.443. The van der Waals surface area contributed by atoms with E-state index in [9.17, 15) is 24.9 Å². The third-order valence-corrected chi connectivity index (χ3v) is 2.88. The van der Waals surface area contributed by atoms with Crippen molar-refractivity contribution in [3.63, 3.8) is 0 Å². The molecule has 0 spiro atoms. The molecule has 0 aliphatic heterocycles. The molecule has 0 radical (unpaired) electrons. The van der Waals surface area contributed by atoms with E-state index in [1.807, 2.05) is 0 Å². The van der Waals surface area contributed by atoms with Crippen molar-refractivity contribution in [3.8, 4) is 11.5 Å². The van der Waals surface area contributed by atoms with Crippen LogP contribution in [0.25, 0.3) is 0 Å². The van der Waals surface area contributed by atoms with Gasteiger partial charge in [-0.2, -0.15) is 0 Å². The molecule has 118 valence electrons. The van der Waals surface area contributed by atoms with Gasteiger partial charge < -0.3 is 31.8 Å². The van der Waals surface area contributed by atoms with Crippen LogP contribution < -0.4 is 11.1 Å². The van der Waals surface area contributed by atoms with Gasteiger partial charge in [0.2, 0.25) is 5.91 Å². The van der Waals surface area contributed by atoms with Crippen molar-refractivity contribution >= 4 is 11.9 Å². The number of aromatic hydroxyl groups is 2. The number of carboxylic acid groups (broad SMARTS) is 1. The summed E-state index contributed by atoms with van der Waals surface area (Å²) in [6, 6.07) is 3.13. The zero-order valence-electron chi connectivity index (χ0n) is 11.8. The number of amides is 1. The molecule has 0 aromatic heterocycles. The highest BCUT2D eigenvalue weighted by Gasteiger charge is 2.35. The first-order valence-corrected chi connectivity index (χ1v) is 5.97. The number of phenolic OH excluding ortho intramolecular Hbond substituents is 2. The van der Waals surface area contributed by atoms with Crippen LogP contribution in [0.2, 0.25) is 0 Å². The first-order chi connectivity index (χ1) is 9.15. The minimum Gasteiger partial charge on any atom is -0.504 e. The lowest BCUT2D eigenvalue weighted by atomic mass is 9.92. The molecule has 0 bridgehead atoms. The van der Waals surface area contributed by atoms with E-state index in [1.165, 1.54) is 32.0 Å². The number of hydrogen-bond acceptors (Lipinski definition) is 5. The third kappa shape index (κ3) is 4.62. The molecule has 1 aromatic carbocycles. The number of nitrogens with one attached hydrogen (secondary N) is 1. The maximum atomic E-state index is 11.6. The molecule has 8 nitrogen and oxygen atoms in total. The smallest absolute Gasteiger partial charge is 0.329 e. The van der Waals surface area contributed by atoms with Gasteiger partial charge in [-0.15, -0.1) is 0 Å². The molecule has 21 heavy (non-hydrogen) atoms. The number of rotatable bonds is 5. The van der Waals surface area contributed by atoms with E-state index in [2.05, 4.69) is 5.32 Å². The van der Waals surface area contributed by atoms with Crippen LogP contribution in [0.4, 0.5) is 0 Å². The van der Waals surface area contributed by atoms with Crippen molar-refractivity contribution in [2.75, 3.05) is 0 Å². The SMILES string of the molecule is C[C@@H](N)C(=O)N[C@@](C)(Cc1ccc(O)c(O)c1)C(=O)O.O. The molecular formula is C13H20N2O6. The first kappa shape index (κ1) is 18.7. The predicted molar refractivity (Wildman–Crippen MR) is 74.9 cm³/mol. The number of aliphatic carboxylic acids is 1. The summed E-state index contributed by atoms with van der Waals surface area (Å²) in [6.07, 6.45) is -0.0609. The van der Waals surface area contributed by atoms with Gasteiger partial charge in [0, 0.05) is 6.42 Å². The second-order valence-corrected chi connectivity index (χ2v) is 4.92. The zero-order valence-corrected chi connectivity index (χ0v) is 11.8. The van der Waals surface area contributed by atoms with Crippen LogP contribution in [0, 0.1) is 0 Å². The van der Waals surface area contributed by atoms with Crippen LogP contribution in [0.15, 0.2) is 18.2 Å². The Balaban J connectivity index is 0.00000400. The lowest BCUT2D eigenvalue weighted by Gasteiger charge is -2.27. The summed E-state index contributed by atoms with van der Waals surface area (Å²) in [4.78, 5) is 23.0. The highest BCUT2D eigenvalue weighted by Crippen LogP contribution is 2.26. The van der Waals surface area contributed by atoms with Crippen LogP contribution in [-0.4, -0.2) is 44.3 Å². The van der Waals surface area contributed by atoms with Crippen molar-refractivity contribution < 1.29 is 30.4 Å². The molecule has 0 unspecified atom stereocenters. The second-order valence-electron chi connectivity index (χ2n) is 4.92. The number of benzene rings is 1. The highest BCUT2D eigenvalue weighted by molar-refractivity contribution is 5.89. The van der Waals surface area contributed by atoms with Crippen LogP contribution >= 0.6 is 0 Å². The Bertz CT molecular complexity index is 531. The van der Waals surface area contributed by atoms with Crippen molar-refractivity contribution in [2.45, 2.75) is 31.8 Å². The Labute approximate surface area is 121 Å². The number of carbonyl (C=O) groups is 2. The average molecular weight is 300 g/mol. The number of hydrogen-bond donors (Lipinski definition) is 5. The van der Waals surface area contributed by atoms with Gasteiger partial charge in [0.15, 0.2) is 11.5 Å². The second kappa shape index (κ2) is 6.91. The van der Waals surface area contributed by atoms with Gasteiger partial charge in [-0.05, 0) is 31.5 Å². The number of phenols is 2. The van der Waals surface area contributed by atoms with Crippen LogP contribution in [0.1, 0.15) is 19.4 Å². The maximum Gasteiger partial charge on any atom is 0.329 e. The van der Waals surface area contributed by atoms with Crippen molar-refractivity contribution in [3.05, 3.63) is 23.8 Å². The molecule has 0 aliphatic carbocycles. The van der Waals surface area contributed by atoms with Crippen LogP contribution in [0.5, 0.6) is 11.5 Å². The molecule has 1 amide bonds. The Morgan fingerprint density at radius 3 is 2.33 bits per heavy atom. The summed E-state index contributed by atoms with van der Waals surface area (Å²) < 4.78 is 0. The molecule has 0 aliphatic rings. The maximum absolute atomic E-state index is 11.6. The Morgan fingerprint density at radius 1 is 1.33 bits per heavy atom. The van der Waals surface area contributed by atoms with E-state index >= 15 is 0 Å². The molecule has 0 fully saturated rings. The Hall–Kier alpha value is -2.32. The normalized spacial score (nSPS) is 14.4. The van der Waals surface area contributed by atoms with Gasteiger partial charge in [-0.3, -0.25) is 4.79 Å². The topological polar surface area (TPSA) is 164 Å². The van der Waals surface area contributed by atoms with Crippen molar-refractivity contribution in [1.82, 2.24) is 5.32 Å². The van der Waals surface area contributed by atoms with E-state index in [4.69, 9.17) is 5.73 Å². The van der Waals surface area contributed by atoms with Gasteiger partial charge >= 0.3 is 5.97 Å². The summed E-state index contributed by atoms with van der Waals surface area (Å²) >= 11 is 0. The molecular weight excluding hydrogens is 280 g/mol. The Kier molecular flexibility index (Phi) is 6.15. The number of carboxylic acids is 1. The molecule has 2 atom stereocenters. The highest BCUT2D eigenvalue weighted by atomic mass is 16.4. The van der Waals surface area contributed by atoms with Gasteiger partial charge in [0.25, 0.3) is 0 Å². The fourth-order valence-corrected chi connectivity index (χ4v) is 1.65. The van der Waals surface area contributed by atoms with Gasteiger partial charge in [0.05, 0.1) is 6.04 Å². The molecule has 0 heterocycles. The Morgan fingerprint density at radius 2 is 1.90 bits per heavy atom. The van der Waals surface area contributed by atoms with E-state index in [0.717, 1.165) is 0 Å². The third-order valence-electron chi connectivity index (χ3n) is 2.88. The summed E-state index contributed by atoms with van der Waals surface area (Å²) in [5, 5.41) is 30.3. The van der Waals surface area contributed by atoms with Crippen LogP contribution in [0.3, 0.4) is 0 Å². The fourth-order valence-electron chi connectivity index (χ4n) is 1.65. The summed E-state index contributed by atoms with van der Waals surface area (Å²) in [5.41, 5.74) is 4.30. The van der Waals surface area contributed by atoms with Crippen LogP contribution in [-0.2, 0) is 16.0 Å². The molecule has 8 N–H and O–H groups in total. The molecule has 0 saturated carbocycles. The lowest BCUT2D eigenvalue weighted by Crippen LogP contribution is -2.57. The van der Waals surface area contributed by atoms with Gasteiger partial charge in [-0.1, -0.05) is 6.07 Å². The zero-order chi connectivity index (χ0) is 15.5. The van der Waals surface area contributed by atoms with Crippen molar-refractivity contribution in [2.24, 2.45) is 5.73 Å². The average Bonchev–Trinajstić information content (AvgIpc) is 2.33. The van der Waals surface area contributed by atoms with E-state index < -0.39 is 23.5 Å². The summed E-state index contributed by atoms with van der Waals surface area (Å²) in [7, 11) is 0. The fraction of sp³-hybridized carbons (Fsp3) is 0.385. The number of carbonyl (C=O) groups excluding carboxylic acids is 1. The van der Waals surface area contributed by atoms with Gasteiger partial charge in [-0.25, -0.2) is 4.79 Å². The largest absolute Gasteiger partial charge is 0.504 e. The molecule has 0 saturated heterocycles. The molecule has 8 heteroatoms.